The summed E-state index contributed by atoms with van der Waals surface area (Å²) in [5, 5.41) is 10.1. The van der Waals surface area contributed by atoms with Gasteiger partial charge >= 0.3 is 5.97 Å². The molecule has 1 saturated carbocycles. The fourth-order valence-corrected chi connectivity index (χ4v) is 6.00. The van der Waals surface area contributed by atoms with Crippen molar-refractivity contribution in [1.29, 1.82) is 5.26 Å². The number of hydrogen-bond donors (Lipinski definition) is 0. The lowest BCUT2D eigenvalue weighted by Crippen LogP contribution is -2.49. The normalized spacial score (nSPS) is 19.6. The van der Waals surface area contributed by atoms with Gasteiger partial charge in [-0.05, 0) is 47.4 Å². The number of methoxy groups -OCH3 is 1. The monoisotopic (exact) mass is 480 g/mol. The van der Waals surface area contributed by atoms with Gasteiger partial charge in [0, 0.05) is 10.9 Å². The van der Waals surface area contributed by atoms with Crippen molar-refractivity contribution < 1.29 is 17.9 Å². The summed E-state index contributed by atoms with van der Waals surface area (Å²) in [7, 11) is -2.95. The SMILES string of the molecule is COC(=O)C1(N(CC#N)S(=O)(=O)c2ccc(-c3ccc(Cl)cc3)cc2)CC1c1ccccc1. The third-order valence-corrected chi connectivity index (χ3v) is 8.11. The lowest BCUT2D eigenvalue weighted by Gasteiger charge is -2.28. The summed E-state index contributed by atoms with van der Waals surface area (Å²) < 4.78 is 33.3. The minimum Gasteiger partial charge on any atom is -0.468 e. The largest absolute Gasteiger partial charge is 0.468 e. The predicted molar refractivity (Wildman–Crippen MR) is 125 cm³/mol. The first-order valence-electron chi connectivity index (χ1n) is 10.2. The summed E-state index contributed by atoms with van der Waals surface area (Å²) in [5.41, 5.74) is 1.06. The highest BCUT2D eigenvalue weighted by Crippen LogP contribution is 2.57. The number of benzene rings is 3. The topological polar surface area (TPSA) is 87.5 Å². The molecule has 3 aromatic carbocycles. The minimum atomic E-state index is -4.17. The molecule has 2 atom stereocenters. The molecule has 0 aliphatic heterocycles. The molecule has 168 valence electrons. The van der Waals surface area contributed by atoms with Crippen molar-refractivity contribution in [2.45, 2.75) is 22.8 Å². The van der Waals surface area contributed by atoms with E-state index in [2.05, 4.69) is 0 Å². The van der Waals surface area contributed by atoms with Crippen molar-refractivity contribution in [2.24, 2.45) is 0 Å². The average molecular weight is 481 g/mol. The Morgan fingerprint density at radius 3 is 2.18 bits per heavy atom. The van der Waals surface area contributed by atoms with Crippen molar-refractivity contribution >= 4 is 27.6 Å². The van der Waals surface area contributed by atoms with E-state index in [-0.39, 0.29) is 11.3 Å². The van der Waals surface area contributed by atoms with Crippen molar-refractivity contribution in [2.75, 3.05) is 13.7 Å². The Morgan fingerprint density at radius 1 is 1.06 bits per heavy atom. The maximum absolute atomic E-state index is 13.6. The van der Waals surface area contributed by atoms with Crippen LogP contribution < -0.4 is 0 Å². The zero-order valence-electron chi connectivity index (χ0n) is 17.8. The molecule has 6 nitrogen and oxygen atoms in total. The van der Waals surface area contributed by atoms with E-state index < -0.39 is 34.0 Å². The lowest BCUT2D eigenvalue weighted by atomic mass is 10.1. The van der Waals surface area contributed by atoms with Gasteiger partial charge in [0.05, 0.1) is 18.1 Å². The molecule has 0 heterocycles. The lowest BCUT2D eigenvalue weighted by molar-refractivity contribution is -0.146. The molecule has 4 rings (SSSR count). The number of nitriles is 1. The van der Waals surface area contributed by atoms with E-state index in [0.717, 1.165) is 21.0 Å². The predicted octanol–water partition coefficient (Wildman–Crippen LogP) is 4.62. The second kappa shape index (κ2) is 8.99. The molecule has 3 aromatic rings. The molecule has 33 heavy (non-hydrogen) atoms. The van der Waals surface area contributed by atoms with Crippen molar-refractivity contribution in [1.82, 2.24) is 4.31 Å². The number of carbonyl (C=O) groups is 1. The standard InChI is InChI=1S/C25H21ClN2O4S/c1-32-24(29)25(17-23(25)20-5-3-2-4-6-20)28(16-15-27)33(30,31)22-13-9-19(10-14-22)18-7-11-21(26)12-8-18/h2-14,23H,16-17H2,1H3. The van der Waals surface area contributed by atoms with Crippen molar-refractivity contribution in [3.05, 3.63) is 89.4 Å². The number of sulfonamides is 1. The van der Waals surface area contributed by atoms with Crippen LogP contribution in [0.1, 0.15) is 17.9 Å². The van der Waals surface area contributed by atoms with Gasteiger partial charge in [0.1, 0.15) is 12.1 Å². The molecular weight excluding hydrogens is 460 g/mol. The van der Waals surface area contributed by atoms with Crippen LogP contribution in [0.5, 0.6) is 0 Å². The van der Waals surface area contributed by atoms with Crippen LogP contribution in [0.4, 0.5) is 0 Å². The second-order valence-electron chi connectivity index (χ2n) is 7.78. The van der Waals surface area contributed by atoms with Crippen LogP contribution in [-0.4, -0.2) is 37.9 Å². The Hall–Kier alpha value is -3.18. The van der Waals surface area contributed by atoms with Crippen molar-refractivity contribution in [3.8, 4) is 17.2 Å². The quantitative estimate of drug-likeness (QED) is 0.363. The summed E-state index contributed by atoms with van der Waals surface area (Å²) in [6.07, 6.45) is 0.244. The van der Waals surface area contributed by atoms with Gasteiger partial charge in [-0.25, -0.2) is 13.2 Å². The Bertz CT molecular complexity index is 1300. The second-order valence-corrected chi connectivity index (χ2v) is 10.1. The molecule has 2 unspecified atom stereocenters. The molecule has 0 bridgehead atoms. The number of nitrogens with zero attached hydrogens (tertiary/aromatic N) is 2. The highest BCUT2D eigenvalue weighted by Gasteiger charge is 2.68. The third kappa shape index (κ3) is 4.13. The van der Waals surface area contributed by atoms with Gasteiger partial charge in [-0.3, -0.25) is 0 Å². The Kier molecular flexibility index (Phi) is 6.26. The molecule has 0 amide bonds. The maximum atomic E-state index is 13.6. The van der Waals surface area contributed by atoms with Crippen LogP contribution >= 0.6 is 11.6 Å². The van der Waals surface area contributed by atoms with Gasteiger partial charge in [0.25, 0.3) is 0 Å². The summed E-state index contributed by atoms with van der Waals surface area (Å²) in [6, 6.07) is 24.6. The Morgan fingerprint density at radius 2 is 1.64 bits per heavy atom. The van der Waals surface area contributed by atoms with E-state index >= 15 is 0 Å². The molecule has 0 saturated heterocycles. The summed E-state index contributed by atoms with van der Waals surface area (Å²) in [5.74, 6) is -1.07. The van der Waals surface area contributed by atoms with Gasteiger partial charge in [0.15, 0.2) is 0 Å². The summed E-state index contributed by atoms with van der Waals surface area (Å²) in [4.78, 5) is 12.9. The van der Waals surface area contributed by atoms with Crippen LogP contribution in [0.2, 0.25) is 5.02 Å². The van der Waals surface area contributed by atoms with E-state index in [1.54, 1.807) is 24.3 Å². The van der Waals surface area contributed by atoms with Gasteiger partial charge in [-0.15, -0.1) is 0 Å². The zero-order chi connectivity index (χ0) is 23.6. The fourth-order valence-electron chi connectivity index (χ4n) is 4.20. The molecule has 1 aliphatic carbocycles. The average Bonchev–Trinajstić information content (AvgIpc) is 3.59. The zero-order valence-corrected chi connectivity index (χ0v) is 19.4. The molecule has 0 aromatic heterocycles. The van der Waals surface area contributed by atoms with Crippen LogP contribution in [0.15, 0.2) is 83.8 Å². The maximum Gasteiger partial charge on any atom is 0.328 e. The Labute approximate surface area is 198 Å². The van der Waals surface area contributed by atoms with Gasteiger partial charge in [0.2, 0.25) is 10.0 Å². The summed E-state index contributed by atoms with van der Waals surface area (Å²) in [6.45, 7) is -0.473. The molecular formula is C25H21ClN2O4S. The smallest absolute Gasteiger partial charge is 0.328 e. The van der Waals surface area contributed by atoms with Crippen LogP contribution in [0.3, 0.4) is 0 Å². The summed E-state index contributed by atoms with van der Waals surface area (Å²) >= 11 is 5.94. The highest BCUT2D eigenvalue weighted by molar-refractivity contribution is 7.89. The van der Waals surface area contributed by atoms with Gasteiger partial charge in [-0.2, -0.15) is 9.57 Å². The molecule has 0 N–H and O–H groups in total. The Balaban J connectivity index is 1.72. The van der Waals surface area contributed by atoms with Crippen LogP contribution in [-0.2, 0) is 19.6 Å². The number of hydrogen-bond acceptors (Lipinski definition) is 5. The van der Waals surface area contributed by atoms with Gasteiger partial charge < -0.3 is 4.74 Å². The molecule has 0 spiro atoms. The van der Waals surface area contributed by atoms with Gasteiger partial charge in [-0.1, -0.05) is 66.2 Å². The first-order chi connectivity index (χ1) is 15.8. The number of halogens is 1. The number of carbonyl (C=O) groups excluding carboxylic acids is 1. The van der Waals surface area contributed by atoms with E-state index in [9.17, 15) is 18.5 Å². The van der Waals surface area contributed by atoms with E-state index in [1.807, 2.05) is 48.5 Å². The van der Waals surface area contributed by atoms with Crippen molar-refractivity contribution in [3.63, 3.8) is 0 Å². The van der Waals surface area contributed by atoms with E-state index in [4.69, 9.17) is 16.3 Å². The minimum absolute atomic E-state index is 0.00236. The number of rotatable bonds is 7. The van der Waals surface area contributed by atoms with E-state index in [0.29, 0.717) is 5.02 Å². The molecule has 8 heteroatoms. The number of esters is 1. The first-order valence-corrected chi connectivity index (χ1v) is 12.1. The molecule has 1 fully saturated rings. The van der Waals surface area contributed by atoms with E-state index in [1.165, 1.54) is 19.2 Å². The highest BCUT2D eigenvalue weighted by atomic mass is 35.5. The fraction of sp³-hybridized carbons (Fsp3) is 0.200. The van der Waals surface area contributed by atoms with Crippen LogP contribution in [0.25, 0.3) is 11.1 Å². The number of ether oxygens (including phenoxy) is 1. The molecule has 0 radical (unpaired) electrons. The van der Waals surface area contributed by atoms with Crippen LogP contribution in [0, 0.1) is 11.3 Å². The molecule has 1 aliphatic rings. The first kappa shape index (κ1) is 23.0. The third-order valence-electron chi connectivity index (χ3n) is 5.95.